The first-order chi connectivity index (χ1) is 8.78. The molecule has 0 aliphatic rings. The molecule has 18 heavy (non-hydrogen) atoms. The van der Waals surface area contributed by atoms with E-state index in [1.54, 1.807) is 6.29 Å². The van der Waals surface area contributed by atoms with Gasteiger partial charge in [0, 0.05) is 11.8 Å². The Morgan fingerprint density at radius 2 is 2.11 bits per heavy atom. The van der Waals surface area contributed by atoms with Crippen LogP contribution in [-0.2, 0) is 11.2 Å². The highest BCUT2D eigenvalue weighted by Gasteiger charge is 2.09. The molecule has 4 heteroatoms. The normalized spacial score (nSPS) is 12.9. The Labute approximate surface area is 104 Å². The first-order valence-electron chi connectivity index (χ1n) is 5.77. The van der Waals surface area contributed by atoms with E-state index in [1.165, 1.54) is 0 Å². The van der Waals surface area contributed by atoms with Gasteiger partial charge in [0.1, 0.15) is 5.82 Å². The fraction of sp³-hybridized carbons (Fsp3) is 0.143. The molecule has 0 saturated carbocycles. The number of imidazole rings is 1. The van der Waals surface area contributed by atoms with Gasteiger partial charge in [-0.3, -0.25) is 4.79 Å². The third kappa shape index (κ3) is 1.76. The van der Waals surface area contributed by atoms with Crippen molar-refractivity contribution in [1.82, 2.24) is 9.97 Å². The largest absolute Gasteiger partial charge is 0.342 e. The number of aromatic amines is 1. The summed E-state index contributed by atoms with van der Waals surface area (Å²) >= 11 is 0. The van der Waals surface area contributed by atoms with Crippen molar-refractivity contribution >= 4 is 28.1 Å². The van der Waals surface area contributed by atoms with Gasteiger partial charge in [-0.2, -0.15) is 0 Å². The second-order valence-corrected chi connectivity index (χ2v) is 4.29. The first-order valence-corrected chi connectivity index (χ1v) is 5.77. The van der Waals surface area contributed by atoms with Crippen molar-refractivity contribution < 1.29 is 4.79 Å². The topological polar surface area (TPSA) is 71.8 Å². The summed E-state index contributed by atoms with van der Waals surface area (Å²) in [7, 11) is 0. The van der Waals surface area contributed by atoms with Crippen molar-refractivity contribution in [2.45, 2.75) is 12.5 Å². The van der Waals surface area contributed by atoms with Gasteiger partial charge in [-0.25, -0.2) is 4.98 Å². The smallest absolute Gasteiger partial charge is 0.217 e. The molecule has 0 unspecified atom stereocenters. The van der Waals surface area contributed by atoms with Gasteiger partial charge in [0.05, 0.1) is 17.1 Å². The van der Waals surface area contributed by atoms with Crippen LogP contribution < -0.4 is 5.73 Å². The fourth-order valence-corrected chi connectivity index (χ4v) is 2.14. The highest BCUT2D eigenvalue weighted by molar-refractivity contribution is 6.04. The highest BCUT2D eigenvalue weighted by Crippen LogP contribution is 2.23. The van der Waals surface area contributed by atoms with Crippen molar-refractivity contribution in [2.75, 3.05) is 0 Å². The summed E-state index contributed by atoms with van der Waals surface area (Å²) in [6.07, 6.45) is 2.14. The summed E-state index contributed by atoms with van der Waals surface area (Å²) < 4.78 is 0. The van der Waals surface area contributed by atoms with Crippen LogP contribution in [0.5, 0.6) is 0 Å². The second kappa shape index (κ2) is 4.23. The van der Waals surface area contributed by atoms with Gasteiger partial charge in [-0.15, -0.1) is 0 Å². The van der Waals surface area contributed by atoms with Gasteiger partial charge < -0.3 is 10.7 Å². The molecule has 1 heterocycles. The number of hydrogen-bond acceptors (Lipinski definition) is 3. The number of nitrogens with zero attached hydrogens (tertiary/aromatic N) is 1. The Morgan fingerprint density at radius 1 is 1.28 bits per heavy atom. The second-order valence-electron chi connectivity index (χ2n) is 4.29. The maximum Gasteiger partial charge on any atom is 0.217 e. The number of nitrogens with two attached hydrogens (primary N) is 1. The van der Waals surface area contributed by atoms with E-state index < -0.39 is 6.04 Å². The van der Waals surface area contributed by atoms with E-state index in [0.29, 0.717) is 6.42 Å². The van der Waals surface area contributed by atoms with Crippen LogP contribution in [0.2, 0.25) is 0 Å². The van der Waals surface area contributed by atoms with Crippen LogP contribution in [0.3, 0.4) is 0 Å². The first kappa shape index (κ1) is 10.9. The minimum Gasteiger partial charge on any atom is -0.342 e. The van der Waals surface area contributed by atoms with Crippen LogP contribution >= 0.6 is 0 Å². The fourth-order valence-electron chi connectivity index (χ4n) is 2.14. The number of nitrogens with one attached hydrogen (secondary N) is 1. The van der Waals surface area contributed by atoms with Gasteiger partial charge in [-0.05, 0) is 11.5 Å². The molecule has 3 N–H and O–H groups in total. The predicted octanol–water partition coefficient (Wildman–Crippen LogP) is 1.70. The highest BCUT2D eigenvalue weighted by atomic mass is 16.1. The molecule has 0 amide bonds. The van der Waals surface area contributed by atoms with Crippen LogP contribution in [0.25, 0.3) is 21.8 Å². The predicted molar refractivity (Wildman–Crippen MR) is 71.0 cm³/mol. The van der Waals surface area contributed by atoms with Gasteiger partial charge in [0.2, 0.25) is 6.29 Å². The molecular weight excluding hydrogens is 226 g/mol. The molecule has 0 spiro atoms. The van der Waals surface area contributed by atoms with E-state index in [9.17, 15) is 4.79 Å². The van der Waals surface area contributed by atoms with Gasteiger partial charge in [-0.1, -0.05) is 30.3 Å². The Morgan fingerprint density at radius 3 is 2.94 bits per heavy atom. The maximum absolute atomic E-state index is 10.4. The molecule has 0 fully saturated rings. The van der Waals surface area contributed by atoms with Gasteiger partial charge >= 0.3 is 0 Å². The van der Waals surface area contributed by atoms with Crippen molar-refractivity contribution in [3.8, 4) is 0 Å². The number of H-pyrrole nitrogens is 1. The van der Waals surface area contributed by atoms with Crippen molar-refractivity contribution in [3.63, 3.8) is 0 Å². The molecule has 3 rings (SSSR count). The van der Waals surface area contributed by atoms with E-state index in [1.807, 2.05) is 36.4 Å². The van der Waals surface area contributed by atoms with Crippen molar-refractivity contribution in [1.29, 1.82) is 0 Å². The monoisotopic (exact) mass is 238 g/mol. The summed E-state index contributed by atoms with van der Waals surface area (Å²) in [5.41, 5.74) is 7.43. The SMILES string of the molecule is N[C@@H]([C]=O)Cc1nc2c(ccc3ccccc32)[nH]1. The number of benzene rings is 2. The molecule has 3 aromatic rings. The van der Waals surface area contributed by atoms with E-state index in [4.69, 9.17) is 5.73 Å². The summed E-state index contributed by atoms with van der Waals surface area (Å²) in [6.45, 7) is 0. The van der Waals surface area contributed by atoms with Crippen molar-refractivity contribution in [3.05, 3.63) is 42.2 Å². The Hall–Kier alpha value is -2.20. The molecule has 1 atom stereocenters. The quantitative estimate of drug-likeness (QED) is 0.729. The van der Waals surface area contributed by atoms with E-state index in [2.05, 4.69) is 9.97 Å². The zero-order valence-electron chi connectivity index (χ0n) is 9.68. The molecule has 1 aromatic heterocycles. The Bertz CT molecular complexity index is 717. The molecule has 89 valence electrons. The van der Waals surface area contributed by atoms with Crippen molar-refractivity contribution in [2.24, 2.45) is 5.73 Å². The molecule has 2 aromatic carbocycles. The standard InChI is InChI=1S/C14H12N3O/c15-10(8-18)7-13-16-12-6-5-9-3-1-2-4-11(9)14(12)17-13/h1-6,10H,7,15H2,(H,16,17)/t10-/m1/s1. The lowest BCUT2D eigenvalue weighted by molar-refractivity contribution is 0.539. The molecule has 1 radical (unpaired) electrons. The average molecular weight is 238 g/mol. The maximum atomic E-state index is 10.4. The van der Waals surface area contributed by atoms with Crippen LogP contribution in [-0.4, -0.2) is 22.3 Å². The van der Waals surface area contributed by atoms with Gasteiger partial charge in [0.15, 0.2) is 0 Å². The minimum absolute atomic E-state index is 0.381. The summed E-state index contributed by atoms with van der Waals surface area (Å²) in [5.74, 6) is 0.720. The van der Waals surface area contributed by atoms with Gasteiger partial charge in [0.25, 0.3) is 0 Å². The number of hydrogen-bond donors (Lipinski definition) is 2. The number of carbonyl (C=O) groups excluding carboxylic acids is 1. The van der Waals surface area contributed by atoms with E-state index in [0.717, 1.165) is 27.6 Å². The zero-order valence-corrected chi connectivity index (χ0v) is 9.68. The van der Waals surface area contributed by atoms with Crippen LogP contribution in [0, 0.1) is 0 Å². The third-order valence-corrected chi connectivity index (χ3v) is 2.99. The number of fused-ring (bicyclic) bond motifs is 3. The lowest BCUT2D eigenvalue weighted by Crippen LogP contribution is -2.24. The lowest BCUT2D eigenvalue weighted by atomic mass is 10.1. The minimum atomic E-state index is -0.628. The number of rotatable bonds is 3. The average Bonchev–Trinajstić information content (AvgIpc) is 2.81. The third-order valence-electron chi connectivity index (χ3n) is 2.99. The molecule has 0 saturated heterocycles. The van der Waals surface area contributed by atoms with E-state index in [-0.39, 0.29) is 0 Å². The van der Waals surface area contributed by atoms with E-state index >= 15 is 0 Å². The lowest BCUT2D eigenvalue weighted by Gasteiger charge is -1.97. The zero-order chi connectivity index (χ0) is 12.5. The van der Waals surface area contributed by atoms with Crippen LogP contribution in [0.15, 0.2) is 36.4 Å². The summed E-state index contributed by atoms with van der Waals surface area (Å²) in [5, 5.41) is 2.25. The molecular formula is C14H12N3O. The molecule has 0 aliphatic heterocycles. The molecule has 0 aliphatic carbocycles. The summed E-state index contributed by atoms with van der Waals surface area (Å²) in [4.78, 5) is 18.1. The Kier molecular flexibility index (Phi) is 2.57. The number of aromatic nitrogens is 2. The molecule has 0 bridgehead atoms. The Balaban J connectivity index is 2.16. The van der Waals surface area contributed by atoms with Crippen LogP contribution in [0.4, 0.5) is 0 Å². The molecule has 4 nitrogen and oxygen atoms in total. The summed E-state index contributed by atoms with van der Waals surface area (Å²) in [6, 6.07) is 11.5. The van der Waals surface area contributed by atoms with Crippen LogP contribution in [0.1, 0.15) is 5.82 Å².